The lowest BCUT2D eigenvalue weighted by molar-refractivity contribution is 0.741. The Hall–Kier alpha value is -1.55. The maximum atomic E-state index is 5.95. The molecule has 5 heteroatoms. The number of hydrogen-bond acceptors (Lipinski definition) is 3. The molecule has 0 fully saturated rings. The third kappa shape index (κ3) is 2.33. The highest BCUT2D eigenvalue weighted by atomic mass is 35.5. The van der Waals surface area contributed by atoms with Crippen LogP contribution in [0.15, 0.2) is 24.4 Å². The monoisotopic (exact) mass is 236 g/mol. The zero-order valence-corrected chi connectivity index (χ0v) is 9.99. The average Bonchev–Trinajstić information content (AvgIpc) is 2.57. The second-order valence-corrected chi connectivity index (χ2v) is 3.96. The minimum Gasteiger partial charge on any atom is -0.364 e. The molecule has 0 spiro atoms. The zero-order chi connectivity index (χ0) is 11.5. The van der Waals surface area contributed by atoms with Crippen LogP contribution in [0.3, 0.4) is 0 Å². The number of nitrogens with zero attached hydrogens (tertiary/aromatic N) is 3. The minimum atomic E-state index is 0.530. The van der Waals surface area contributed by atoms with E-state index in [0.717, 1.165) is 17.1 Å². The van der Waals surface area contributed by atoms with E-state index in [9.17, 15) is 0 Å². The van der Waals surface area contributed by atoms with Crippen LogP contribution in [0.1, 0.15) is 11.3 Å². The first-order chi connectivity index (χ1) is 7.66. The van der Waals surface area contributed by atoms with Crippen molar-refractivity contribution < 1.29 is 0 Å². The first kappa shape index (κ1) is 11.0. The molecule has 0 atom stereocenters. The number of rotatable bonds is 3. The molecule has 2 aromatic rings. The van der Waals surface area contributed by atoms with Gasteiger partial charge in [0.1, 0.15) is 11.0 Å². The van der Waals surface area contributed by atoms with Crippen LogP contribution < -0.4 is 5.32 Å². The fraction of sp³-hybridized carbons (Fsp3) is 0.273. The van der Waals surface area contributed by atoms with E-state index >= 15 is 0 Å². The Labute approximate surface area is 99.3 Å². The second-order valence-electron chi connectivity index (χ2n) is 3.60. The van der Waals surface area contributed by atoms with Crippen molar-refractivity contribution in [3.05, 3.63) is 40.8 Å². The summed E-state index contributed by atoms with van der Waals surface area (Å²) in [5, 5.41) is 8.03. The van der Waals surface area contributed by atoms with Crippen LogP contribution in [-0.2, 0) is 13.6 Å². The smallest absolute Gasteiger partial charge is 0.148 e. The molecular formula is C11H13ClN4. The van der Waals surface area contributed by atoms with Crippen molar-refractivity contribution in [2.45, 2.75) is 13.5 Å². The summed E-state index contributed by atoms with van der Waals surface area (Å²) in [7, 11) is 1.91. The fourth-order valence-corrected chi connectivity index (χ4v) is 1.57. The van der Waals surface area contributed by atoms with Gasteiger partial charge in [0.05, 0.1) is 0 Å². The molecule has 1 N–H and O–H groups in total. The van der Waals surface area contributed by atoms with Crippen LogP contribution in [0.5, 0.6) is 0 Å². The molecule has 0 amide bonds. The third-order valence-corrected chi connectivity index (χ3v) is 2.75. The van der Waals surface area contributed by atoms with E-state index in [4.69, 9.17) is 11.6 Å². The van der Waals surface area contributed by atoms with Gasteiger partial charge in [-0.05, 0) is 13.0 Å². The summed E-state index contributed by atoms with van der Waals surface area (Å²) in [6.07, 6.45) is 1.68. The van der Waals surface area contributed by atoms with Gasteiger partial charge >= 0.3 is 0 Å². The quantitative estimate of drug-likeness (QED) is 0.833. The van der Waals surface area contributed by atoms with Gasteiger partial charge < -0.3 is 5.32 Å². The topological polar surface area (TPSA) is 42.7 Å². The third-order valence-electron chi connectivity index (χ3n) is 2.41. The van der Waals surface area contributed by atoms with E-state index < -0.39 is 0 Å². The molecule has 2 aromatic heterocycles. The van der Waals surface area contributed by atoms with Crippen molar-refractivity contribution in [2.24, 2.45) is 7.05 Å². The Morgan fingerprint density at radius 3 is 2.94 bits per heavy atom. The van der Waals surface area contributed by atoms with Gasteiger partial charge in [-0.3, -0.25) is 4.68 Å². The Morgan fingerprint density at radius 2 is 2.31 bits per heavy atom. The van der Waals surface area contributed by atoms with Gasteiger partial charge in [-0.15, -0.1) is 0 Å². The summed E-state index contributed by atoms with van der Waals surface area (Å²) in [6.45, 7) is 2.64. The van der Waals surface area contributed by atoms with Gasteiger partial charge in [0.15, 0.2) is 0 Å². The molecule has 2 rings (SSSR count). The lowest BCUT2D eigenvalue weighted by atomic mass is 10.3. The fourth-order valence-electron chi connectivity index (χ4n) is 1.38. The summed E-state index contributed by atoms with van der Waals surface area (Å²) in [6, 6.07) is 5.80. The predicted molar refractivity (Wildman–Crippen MR) is 64.5 cm³/mol. The summed E-state index contributed by atoms with van der Waals surface area (Å²) in [5.41, 5.74) is 2.08. The van der Waals surface area contributed by atoms with Crippen LogP contribution in [0.4, 0.5) is 5.82 Å². The van der Waals surface area contributed by atoms with Crippen molar-refractivity contribution in [1.29, 1.82) is 0 Å². The van der Waals surface area contributed by atoms with Gasteiger partial charge in [-0.1, -0.05) is 17.7 Å². The van der Waals surface area contributed by atoms with Gasteiger partial charge in [-0.25, -0.2) is 4.98 Å². The number of hydrogen-bond donors (Lipinski definition) is 1. The minimum absolute atomic E-state index is 0.530. The van der Waals surface area contributed by atoms with Crippen molar-refractivity contribution in [1.82, 2.24) is 14.8 Å². The van der Waals surface area contributed by atoms with Crippen LogP contribution in [0, 0.1) is 6.92 Å². The van der Waals surface area contributed by atoms with E-state index in [1.54, 1.807) is 6.20 Å². The zero-order valence-electron chi connectivity index (χ0n) is 9.24. The normalized spacial score (nSPS) is 10.4. The molecular weight excluding hydrogens is 224 g/mol. The molecule has 0 saturated heterocycles. The molecule has 16 heavy (non-hydrogen) atoms. The molecule has 84 valence electrons. The Balaban J connectivity index is 2.05. The summed E-state index contributed by atoms with van der Waals surface area (Å²) < 4.78 is 1.83. The summed E-state index contributed by atoms with van der Waals surface area (Å²) in [5.74, 6) is 0.847. The first-order valence-corrected chi connectivity index (χ1v) is 5.38. The van der Waals surface area contributed by atoms with Crippen LogP contribution in [-0.4, -0.2) is 14.8 Å². The van der Waals surface area contributed by atoms with E-state index in [2.05, 4.69) is 15.4 Å². The number of halogens is 1. The molecule has 0 aromatic carbocycles. The van der Waals surface area contributed by atoms with E-state index in [1.165, 1.54) is 0 Å². The molecule has 4 nitrogen and oxygen atoms in total. The van der Waals surface area contributed by atoms with Crippen LogP contribution in [0.2, 0.25) is 5.15 Å². The van der Waals surface area contributed by atoms with E-state index in [1.807, 2.05) is 36.9 Å². The number of anilines is 1. The maximum Gasteiger partial charge on any atom is 0.148 e. The molecule has 0 aliphatic heterocycles. The average molecular weight is 237 g/mol. The number of aryl methyl sites for hydroxylation is 2. The predicted octanol–water partition coefficient (Wildman–Crippen LogP) is 2.39. The molecule has 0 bridgehead atoms. The summed E-state index contributed by atoms with van der Waals surface area (Å²) in [4.78, 5) is 4.01. The van der Waals surface area contributed by atoms with Gasteiger partial charge in [0, 0.05) is 37.1 Å². The van der Waals surface area contributed by atoms with Crippen molar-refractivity contribution in [3.63, 3.8) is 0 Å². The maximum absolute atomic E-state index is 5.95. The van der Waals surface area contributed by atoms with Gasteiger partial charge in [-0.2, -0.15) is 5.10 Å². The molecule has 0 aliphatic rings. The van der Waals surface area contributed by atoms with Gasteiger partial charge in [0.2, 0.25) is 0 Å². The molecule has 0 unspecified atom stereocenters. The standard InChI is InChI=1S/C11H13ClN4/c1-8-6-10(15-16(8)2)14-7-9-4-3-5-13-11(9)12/h3-6H,7H2,1-2H3,(H,14,15). The highest BCUT2D eigenvalue weighted by Gasteiger charge is 2.03. The molecule has 0 saturated carbocycles. The highest BCUT2D eigenvalue weighted by molar-refractivity contribution is 6.30. The Kier molecular flexibility index (Phi) is 3.10. The van der Waals surface area contributed by atoms with Crippen molar-refractivity contribution >= 4 is 17.4 Å². The lowest BCUT2D eigenvalue weighted by Crippen LogP contribution is -2.02. The molecule has 0 radical (unpaired) electrons. The number of pyridine rings is 1. The van der Waals surface area contributed by atoms with Crippen LogP contribution >= 0.6 is 11.6 Å². The highest BCUT2D eigenvalue weighted by Crippen LogP contribution is 2.14. The SMILES string of the molecule is Cc1cc(NCc2cccnc2Cl)nn1C. The first-order valence-electron chi connectivity index (χ1n) is 5.01. The molecule has 0 aliphatic carbocycles. The van der Waals surface area contributed by atoms with Crippen molar-refractivity contribution in [2.75, 3.05) is 5.32 Å². The Morgan fingerprint density at radius 1 is 1.50 bits per heavy atom. The summed E-state index contributed by atoms with van der Waals surface area (Å²) >= 11 is 5.95. The van der Waals surface area contributed by atoms with Crippen molar-refractivity contribution in [3.8, 4) is 0 Å². The van der Waals surface area contributed by atoms with Crippen LogP contribution in [0.25, 0.3) is 0 Å². The van der Waals surface area contributed by atoms with E-state index in [-0.39, 0.29) is 0 Å². The Bertz CT molecular complexity index is 473. The second kappa shape index (κ2) is 4.53. The van der Waals surface area contributed by atoms with Gasteiger partial charge in [0.25, 0.3) is 0 Å². The number of nitrogens with one attached hydrogen (secondary N) is 1. The lowest BCUT2D eigenvalue weighted by Gasteiger charge is -2.03. The largest absolute Gasteiger partial charge is 0.364 e. The molecule has 2 heterocycles. The number of aromatic nitrogens is 3. The van der Waals surface area contributed by atoms with E-state index in [0.29, 0.717) is 11.7 Å².